The lowest BCUT2D eigenvalue weighted by Gasteiger charge is -2.33. The van der Waals surface area contributed by atoms with Crippen LogP contribution in [0.5, 0.6) is 0 Å². The SMILES string of the molecule is CCN1CCN(C(=O)Cn2cc(CCO)nn2)CC1. The highest BCUT2D eigenvalue weighted by molar-refractivity contribution is 5.76. The Kier molecular flexibility index (Phi) is 4.86. The number of amides is 1. The van der Waals surface area contributed by atoms with E-state index < -0.39 is 0 Å². The molecule has 0 aromatic carbocycles. The van der Waals surface area contributed by atoms with Crippen LogP contribution in [-0.2, 0) is 17.8 Å². The van der Waals surface area contributed by atoms with Gasteiger partial charge in [-0.15, -0.1) is 5.10 Å². The van der Waals surface area contributed by atoms with Crippen LogP contribution in [0.3, 0.4) is 0 Å². The summed E-state index contributed by atoms with van der Waals surface area (Å²) in [6, 6.07) is 0. The Hall–Kier alpha value is -1.47. The van der Waals surface area contributed by atoms with Crippen LogP contribution in [0.1, 0.15) is 12.6 Å². The van der Waals surface area contributed by atoms with Crippen molar-refractivity contribution in [2.24, 2.45) is 0 Å². The molecule has 2 heterocycles. The van der Waals surface area contributed by atoms with Crippen molar-refractivity contribution in [3.05, 3.63) is 11.9 Å². The van der Waals surface area contributed by atoms with Gasteiger partial charge in [-0.05, 0) is 6.54 Å². The highest BCUT2D eigenvalue weighted by atomic mass is 16.3. The number of rotatable bonds is 5. The van der Waals surface area contributed by atoms with Crippen LogP contribution in [0.15, 0.2) is 6.20 Å². The van der Waals surface area contributed by atoms with Gasteiger partial charge in [0, 0.05) is 45.4 Å². The zero-order chi connectivity index (χ0) is 13.7. The molecule has 1 N–H and O–H groups in total. The Balaban J connectivity index is 1.83. The van der Waals surface area contributed by atoms with Gasteiger partial charge in [-0.3, -0.25) is 4.79 Å². The molecular formula is C12H21N5O2. The van der Waals surface area contributed by atoms with Crippen LogP contribution in [0.25, 0.3) is 0 Å². The van der Waals surface area contributed by atoms with Crippen LogP contribution in [0, 0.1) is 0 Å². The standard InChI is InChI=1S/C12H21N5O2/c1-2-15-4-6-16(7-5-15)12(19)10-17-9-11(3-8-18)13-14-17/h9,18H,2-8,10H2,1H3. The number of likely N-dealkylation sites (N-methyl/N-ethyl adjacent to an activating group) is 1. The molecule has 0 radical (unpaired) electrons. The molecule has 19 heavy (non-hydrogen) atoms. The van der Waals surface area contributed by atoms with Crippen molar-refractivity contribution in [1.29, 1.82) is 0 Å². The second-order valence-corrected chi connectivity index (χ2v) is 4.70. The average molecular weight is 267 g/mol. The summed E-state index contributed by atoms with van der Waals surface area (Å²) in [5, 5.41) is 16.6. The molecule has 0 saturated carbocycles. The van der Waals surface area contributed by atoms with Crippen molar-refractivity contribution in [2.45, 2.75) is 19.9 Å². The Morgan fingerprint density at radius 2 is 2.11 bits per heavy atom. The number of aliphatic hydroxyl groups excluding tert-OH is 1. The van der Waals surface area contributed by atoms with Crippen molar-refractivity contribution >= 4 is 5.91 Å². The normalized spacial score (nSPS) is 16.8. The smallest absolute Gasteiger partial charge is 0.244 e. The topological polar surface area (TPSA) is 74.5 Å². The first-order valence-corrected chi connectivity index (χ1v) is 6.73. The minimum atomic E-state index is 0.0472. The number of hydrogen-bond donors (Lipinski definition) is 1. The molecule has 1 fully saturated rings. The Morgan fingerprint density at radius 3 is 2.74 bits per heavy atom. The van der Waals surface area contributed by atoms with E-state index in [0.29, 0.717) is 12.1 Å². The van der Waals surface area contributed by atoms with Gasteiger partial charge in [0.15, 0.2) is 0 Å². The quantitative estimate of drug-likeness (QED) is 0.739. The third kappa shape index (κ3) is 3.74. The maximum absolute atomic E-state index is 12.1. The summed E-state index contributed by atoms with van der Waals surface area (Å²) in [7, 11) is 0. The number of piperazine rings is 1. The van der Waals surface area contributed by atoms with E-state index >= 15 is 0 Å². The highest BCUT2D eigenvalue weighted by Gasteiger charge is 2.20. The Labute approximate surface area is 112 Å². The first-order chi connectivity index (χ1) is 9.22. The molecule has 1 aliphatic heterocycles. The molecule has 0 aliphatic carbocycles. The number of hydrogen-bond acceptors (Lipinski definition) is 5. The van der Waals surface area contributed by atoms with Crippen LogP contribution >= 0.6 is 0 Å². The maximum atomic E-state index is 12.1. The number of carbonyl (C=O) groups is 1. The van der Waals surface area contributed by atoms with E-state index in [1.165, 1.54) is 0 Å². The third-order valence-corrected chi connectivity index (χ3v) is 3.42. The van der Waals surface area contributed by atoms with E-state index in [2.05, 4.69) is 22.1 Å². The van der Waals surface area contributed by atoms with Crippen molar-refractivity contribution < 1.29 is 9.90 Å². The fourth-order valence-corrected chi connectivity index (χ4v) is 2.20. The summed E-state index contributed by atoms with van der Waals surface area (Å²) < 4.78 is 1.54. The van der Waals surface area contributed by atoms with E-state index in [1.807, 2.05) is 4.90 Å². The fraction of sp³-hybridized carbons (Fsp3) is 0.750. The van der Waals surface area contributed by atoms with Gasteiger partial charge >= 0.3 is 0 Å². The number of nitrogens with zero attached hydrogens (tertiary/aromatic N) is 5. The van der Waals surface area contributed by atoms with Gasteiger partial charge in [0.05, 0.1) is 5.69 Å². The molecular weight excluding hydrogens is 246 g/mol. The minimum Gasteiger partial charge on any atom is -0.396 e. The summed E-state index contributed by atoms with van der Waals surface area (Å²) in [6.45, 7) is 6.89. The Morgan fingerprint density at radius 1 is 1.37 bits per heavy atom. The molecule has 106 valence electrons. The van der Waals surface area contributed by atoms with Crippen LogP contribution in [0.4, 0.5) is 0 Å². The molecule has 0 bridgehead atoms. The largest absolute Gasteiger partial charge is 0.396 e. The van der Waals surface area contributed by atoms with E-state index in [0.717, 1.165) is 32.7 Å². The monoisotopic (exact) mass is 267 g/mol. The lowest BCUT2D eigenvalue weighted by molar-refractivity contribution is -0.133. The van der Waals surface area contributed by atoms with Crippen LogP contribution in [0.2, 0.25) is 0 Å². The van der Waals surface area contributed by atoms with Crippen molar-refractivity contribution in [2.75, 3.05) is 39.3 Å². The highest BCUT2D eigenvalue weighted by Crippen LogP contribution is 2.03. The van der Waals surface area contributed by atoms with Crippen LogP contribution in [-0.4, -0.2) is 75.1 Å². The fourth-order valence-electron chi connectivity index (χ4n) is 2.20. The van der Waals surface area contributed by atoms with Gasteiger partial charge in [0.1, 0.15) is 6.54 Å². The zero-order valence-corrected chi connectivity index (χ0v) is 11.3. The predicted molar refractivity (Wildman–Crippen MR) is 69.5 cm³/mol. The minimum absolute atomic E-state index is 0.0472. The molecule has 0 unspecified atom stereocenters. The molecule has 1 aromatic rings. The van der Waals surface area contributed by atoms with E-state index in [1.54, 1.807) is 10.9 Å². The summed E-state index contributed by atoms with van der Waals surface area (Å²) >= 11 is 0. The van der Waals surface area contributed by atoms with Gasteiger partial charge in [-0.25, -0.2) is 4.68 Å². The number of carbonyl (C=O) groups excluding carboxylic acids is 1. The van der Waals surface area contributed by atoms with Gasteiger partial charge in [-0.2, -0.15) is 0 Å². The van der Waals surface area contributed by atoms with E-state index in [9.17, 15) is 4.79 Å². The Bertz CT molecular complexity index is 412. The molecule has 7 nitrogen and oxygen atoms in total. The zero-order valence-electron chi connectivity index (χ0n) is 11.3. The van der Waals surface area contributed by atoms with Gasteiger partial charge < -0.3 is 14.9 Å². The third-order valence-electron chi connectivity index (χ3n) is 3.42. The van der Waals surface area contributed by atoms with E-state index in [4.69, 9.17) is 5.11 Å². The lowest BCUT2D eigenvalue weighted by Crippen LogP contribution is -2.49. The van der Waals surface area contributed by atoms with Crippen molar-refractivity contribution in [3.8, 4) is 0 Å². The van der Waals surface area contributed by atoms with Gasteiger partial charge in [-0.1, -0.05) is 12.1 Å². The molecule has 1 amide bonds. The molecule has 1 aliphatic rings. The summed E-state index contributed by atoms with van der Waals surface area (Å²) in [6.07, 6.45) is 2.19. The number of aliphatic hydroxyl groups is 1. The van der Waals surface area contributed by atoms with Crippen molar-refractivity contribution in [1.82, 2.24) is 24.8 Å². The maximum Gasteiger partial charge on any atom is 0.244 e. The molecule has 0 atom stereocenters. The first kappa shape index (κ1) is 14.0. The second-order valence-electron chi connectivity index (χ2n) is 4.70. The number of aromatic nitrogens is 3. The van der Waals surface area contributed by atoms with Crippen molar-refractivity contribution in [3.63, 3.8) is 0 Å². The van der Waals surface area contributed by atoms with Crippen LogP contribution < -0.4 is 0 Å². The predicted octanol–water partition coefficient (Wildman–Crippen LogP) is -1.02. The van der Waals surface area contributed by atoms with Gasteiger partial charge in [0.25, 0.3) is 0 Å². The van der Waals surface area contributed by atoms with E-state index in [-0.39, 0.29) is 19.1 Å². The molecule has 1 saturated heterocycles. The lowest BCUT2D eigenvalue weighted by atomic mass is 10.3. The molecule has 0 spiro atoms. The molecule has 1 aromatic heterocycles. The summed E-state index contributed by atoms with van der Waals surface area (Å²) in [5.41, 5.74) is 0.714. The van der Waals surface area contributed by atoms with Gasteiger partial charge in [0.2, 0.25) is 5.91 Å². The first-order valence-electron chi connectivity index (χ1n) is 6.73. The summed E-state index contributed by atoms with van der Waals surface area (Å²) in [4.78, 5) is 16.3. The second kappa shape index (κ2) is 6.63. The summed E-state index contributed by atoms with van der Waals surface area (Å²) in [5.74, 6) is 0.0798. The molecule has 7 heteroatoms. The molecule has 2 rings (SSSR count). The average Bonchev–Trinajstić information content (AvgIpc) is 2.86.